The van der Waals surface area contributed by atoms with Gasteiger partial charge in [-0.05, 0) is 19.1 Å². The number of benzene rings is 1. The van der Waals surface area contributed by atoms with Gasteiger partial charge < -0.3 is 4.74 Å². The molecule has 0 atom stereocenters. The van der Waals surface area contributed by atoms with Crippen LogP contribution < -0.4 is 0 Å². The van der Waals surface area contributed by atoms with Crippen LogP contribution in [0.4, 0.5) is 0 Å². The van der Waals surface area contributed by atoms with Crippen LogP contribution >= 0.6 is 11.6 Å². The SMILES string of the molecule is CCOC(=O)c1cnn(-c2cccc(Cl)c2C=O)c1. The number of aldehydes is 1. The normalized spacial score (nSPS) is 10.2. The summed E-state index contributed by atoms with van der Waals surface area (Å²) in [7, 11) is 0. The van der Waals surface area contributed by atoms with Gasteiger partial charge in [-0.3, -0.25) is 4.79 Å². The molecule has 5 nitrogen and oxygen atoms in total. The average molecular weight is 279 g/mol. The van der Waals surface area contributed by atoms with Crippen molar-refractivity contribution in [2.24, 2.45) is 0 Å². The van der Waals surface area contributed by atoms with E-state index in [2.05, 4.69) is 5.10 Å². The summed E-state index contributed by atoms with van der Waals surface area (Å²) in [5, 5.41) is 4.37. The maximum absolute atomic E-state index is 11.5. The minimum atomic E-state index is -0.455. The van der Waals surface area contributed by atoms with Crippen molar-refractivity contribution in [2.45, 2.75) is 6.92 Å². The summed E-state index contributed by atoms with van der Waals surface area (Å²) in [6.07, 6.45) is 3.54. The van der Waals surface area contributed by atoms with Gasteiger partial charge in [0.15, 0.2) is 6.29 Å². The predicted octanol–water partition coefficient (Wildman–Crippen LogP) is 2.51. The zero-order chi connectivity index (χ0) is 13.8. The van der Waals surface area contributed by atoms with E-state index in [1.165, 1.54) is 17.1 Å². The summed E-state index contributed by atoms with van der Waals surface area (Å²) < 4.78 is 6.29. The fraction of sp³-hybridized carbons (Fsp3) is 0.154. The number of hydrogen-bond acceptors (Lipinski definition) is 4. The Kier molecular flexibility index (Phi) is 3.97. The van der Waals surface area contributed by atoms with E-state index in [9.17, 15) is 9.59 Å². The molecule has 0 amide bonds. The molecule has 0 saturated heterocycles. The molecule has 0 spiro atoms. The van der Waals surface area contributed by atoms with Gasteiger partial charge in [0.25, 0.3) is 0 Å². The molecule has 0 aliphatic rings. The van der Waals surface area contributed by atoms with Crippen molar-refractivity contribution >= 4 is 23.9 Å². The first-order valence-corrected chi connectivity index (χ1v) is 6.01. The molecular weight excluding hydrogens is 268 g/mol. The number of carbonyl (C=O) groups is 2. The van der Waals surface area contributed by atoms with Crippen LogP contribution in [0.5, 0.6) is 0 Å². The smallest absolute Gasteiger partial charge is 0.341 e. The van der Waals surface area contributed by atoms with Gasteiger partial charge in [0.2, 0.25) is 0 Å². The molecule has 6 heteroatoms. The maximum atomic E-state index is 11.5. The van der Waals surface area contributed by atoms with E-state index in [0.717, 1.165) is 0 Å². The molecule has 1 heterocycles. The highest BCUT2D eigenvalue weighted by atomic mass is 35.5. The molecule has 0 fully saturated rings. The average Bonchev–Trinajstić information content (AvgIpc) is 2.88. The second-order valence-electron chi connectivity index (χ2n) is 3.68. The van der Waals surface area contributed by atoms with Crippen molar-refractivity contribution in [2.75, 3.05) is 6.61 Å². The van der Waals surface area contributed by atoms with Gasteiger partial charge in [0.05, 0.1) is 34.6 Å². The summed E-state index contributed by atoms with van der Waals surface area (Å²) in [6.45, 7) is 2.02. The van der Waals surface area contributed by atoms with Gasteiger partial charge >= 0.3 is 5.97 Å². The van der Waals surface area contributed by atoms with Crippen molar-refractivity contribution in [3.63, 3.8) is 0 Å². The van der Waals surface area contributed by atoms with Gasteiger partial charge in [-0.1, -0.05) is 17.7 Å². The third-order valence-electron chi connectivity index (χ3n) is 2.49. The second kappa shape index (κ2) is 5.67. The summed E-state index contributed by atoms with van der Waals surface area (Å²) >= 11 is 5.93. The number of halogens is 1. The van der Waals surface area contributed by atoms with Crippen LogP contribution in [0.3, 0.4) is 0 Å². The maximum Gasteiger partial charge on any atom is 0.341 e. The molecule has 0 radical (unpaired) electrons. The zero-order valence-electron chi connectivity index (χ0n) is 10.2. The van der Waals surface area contributed by atoms with Crippen LogP contribution in [0.15, 0.2) is 30.6 Å². The number of hydrogen-bond donors (Lipinski definition) is 0. The van der Waals surface area contributed by atoms with Gasteiger partial charge in [-0.2, -0.15) is 5.10 Å². The van der Waals surface area contributed by atoms with Crippen molar-refractivity contribution in [1.29, 1.82) is 0 Å². The van der Waals surface area contributed by atoms with E-state index in [1.54, 1.807) is 25.1 Å². The number of rotatable bonds is 4. The lowest BCUT2D eigenvalue weighted by Gasteiger charge is -2.05. The second-order valence-corrected chi connectivity index (χ2v) is 4.09. The molecule has 0 bridgehead atoms. The van der Waals surface area contributed by atoms with Crippen molar-refractivity contribution in [3.8, 4) is 5.69 Å². The molecule has 19 heavy (non-hydrogen) atoms. The summed E-state index contributed by atoms with van der Waals surface area (Å²) in [6, 6.07) is 5.01. The Morgan fingerprint density at radius 3 is 3.00 bits per heavy atom. The number of aromatic nitrogens is 2. The monoisotopic (exact) mass is 278 g/mol. The molecule has 2 rings (SSSR count). The third kappa shape index (κ3) is 2.66. The van der Waals surface area contributed by atoms with E-state index < -0.39 is 5.97 Å². The Morgan fingerprint density at radius 1 is 1.53 bits per heavy atom. The van der Waals surface area contributed by atoms with Crippen molar-refractivity contribution < 1.29 is 14.3 Å². The minimum absolute atomic E-state index is 0.292. The molecule has 0 N–H and O–H groups in total. The van der Waals surface area contributed by atoms with E-state index in [0.29, 0.717) is 34.7 Å². The first-order valence-electron chi connectivity index (χ1n) is 5.63. The van der Waals surface area contributed by atoms with Crippen LogP contribution in [0.25, 0.3) is 5.69 Å². The quantitative estimate of drug-likeness (QED) is 0.637. The Bertz CT molecular complexity index is 622. The highest BCUT2D eigenvalue weighted by molar-refractivity contribution is 6.33. The number of carbonyl (C=O) groups excluding carboxylic acids is 2. The highest BCUT2D eigenvalue weighted by Gasteiger charge is 2.13. The van der Waals surface area contributed by atoms with E-state index in [-0.39, 0.29) is 0 Å². The predicted molar refractivity (Wildman–Crippen MR) is 69.9 cm³/mol. The van der Waals surface area contributed by atoms with Crippen LogP contribution in [0, 0.1) is 0 Å². The van der Waals surface area contributed by atoms with Crippen LogP contribution in [-0.4, -0.2) is 28.6 Å². The molecule has 1 aromatic heterocycles. The van der Waals surface area contributed by atoms with Gasteiger partial charge in [0.1, 0.15) is 0 Å². The number of ether oxygens (including phenoxy) is 1. The molecule has 0 unspecified atom stereocenters. The lowest BCUT2D eigenvalue weighted by atomic mass is 10.2. The van der Waals surface area contributed by atoms with E-state index in [1.807, 2.05) is 0 Å². The van der Waals surface area contributed by atoms with Gasteiger partial charge in [-0.25, -0.2) is 9.48 Å². The lowest BCUT2D eigenvalue weighted by molar-refractivity contribution is 0.0526. The van der Waals surface area contributed by atoms with Crippen LogP contribution in [-0.2, 0) is 4.74 Å². The molecule has 98 valence electrons. The molecule has 1 aromatic carbocycles. The van der Waals surface area contributed by atoms with E-state index >= 15 is 0 Å². The van der Waals surface area contributed by atoms with Crippen LogP contribution in [0.1, 0.15) is 27.6 Å². The first-order chi connectivity index (χ1) is 9.17. The zero-order valence-corrected chi connectivity index (χ0v) is 10.9. The van der Waals surface area contributed by atoms with Crippen molar-refractivity contribution in [3.05, 3.63) is 46.7 Å². The summed E-state index contributed by atoms with van der Waals surface area (Å²) in [5.74, 6) is -0.455. The number of esters is 1. The van der Waals surface area contributed by atoms with Crippen LogP contribution in [0.2, 0.25) is 5.02 Å². The fourth-order valence-electron chi connectivity index (χ4n) is 1.62. The van der Waals surface area contributed by atoms with E-state index in [4.69, 9.17) is 16.3 Å². The Morgan fingerprint density at radius 2 is 2.32 bits per heavy atom. The third-order valence-corrected chi connectivity index (χ3v) is 2.82. The highest BCUT2D eigenvalue weighted by Crippen LogP contribution is 2.21. The fourth-order valence-corrected chi connectivity index (χ4v) is 1.83. The van der Waals surface area contributed by atoms with Crippen molar-refractivity contribution in [1.82, 2.24) is 9.78 Å². The first kappa shape index (κ1) is 13.3. The standard InChI is InChI=1S/C13H11ClN2O3/c1-2-19-13(18)9-6-15-16(7-9)12-5-3-4-11(14)10(12)8-17/h3-8H,2H2,1H3. The number of nitrogens with zero attached hydrogens (tertiary/aromatic N) is 2. The Labute approximate surface area is 114 Å². The lowest BCUT2D eigenvalue weighted by Crippen LogP contribution is -2.03. The Balaban J connectivity index is 2.41. The summed E-state index contributed by atoms with van der Waals surface area (Å²) in [5.41, 5.74) is 1.15. The molecule has 0 aliphatic heterocycles. The van der Waals surface area contributed by atoms with Gasteiger partial charge in [0, 0.05) is 6.20 Å². The Hall–Kier alpha value is -2.14. The molecule has 0 saturated carbocycles. The molecule has 2 aromatic rings. The molecule has 0 aliphatic carbocycles. The largest absolute Gasteiger partial charge is 0.462 e. The van der Waals surface area contributed by atoms with Gasteiger partial charge in [-0.15, -0.1) is 0 Å². The minimum Gasteiger partial charge on any atom is -0.462 e. The molecular formula is C13H11ClN2O3. The summed E-state index contributed by atoms with van der Waals surface area (Å²) in [4.78, 5) is 22.6. The topological polar surface area (TPSA) is 61.2 Å².